The molecule has 2 rings (SSSR count). The fraction of sp³-hybridized carbons (Fsp3) is 0.526. The van der Waals surface area contributed by atoms with Gasteiger partial charge in [0.2, 0.25) is 5.91 Å². The molecule has 2 N–H and O–H groups in total. The van der Waals surface area contributed by atoms with Crippen LogP contribution < -0.4 is 10.6 Å². The Balaban J connectivity index is 2.14. The van der Waals surface area contributed by atoms with E-state index in [2.05, 4.69) is 35.6 Å². The molecular weight excluding hydrogens is 360 g/mol. The van der Waals surface area contributed by atoms with Crippen LogP contribution in [-0.4, -0.2) is 47.2 Å². The monoisotopic (exact) mass is 390 g/mol. The predicted octanol–water partition coefficient (Wildman–Crippen LogP) is 1.93. The van der Waals surface area contributed by atoms with Crippen LogP contribution in [0.25, 0.3) is 0 Å². The number of aliphatic imine (C=N–C) groups is 1. The third-order valence-electron chi connectivity index (χ3n) is 4.34. The molecule has 0 fully saturated rings. The first-order valence-corrected chi connectivity index (χ1v) is 10.1. The fourth-order valence-electron chi connectivity index (χ4n) is 2.81. The molecule has 1 amide bonds. The summed E-state index contributed by atoms with van der Waals surface area (Å²) in [4.78, 5) is 19.4. The lowest BCUT2D eigenvalue weighted by molar-refractivity contribution is -0.127. The summed E-state index contributed by atoms with van der Waals surface area (Å²) in [6.07, 6.45) is 1.79. The Labute approximate surface area is 165 Å². The van der Waals surface area contributed by atoms with Crippen LogP contribution in [0.4, 0.5) is 0 Å². The van der Waals surface area contributed by atoms with Gasteiger partial charge in [0.1, 0.15) is 0 Å². The minimum absolute atomic E-state index is 0.00509. The number of nitrogens with one attached hydrogen (secondary N) is 2. The van der Waals surface area contributed by atoms with E-state index >= 15 is 0 Å². The van der Waals surface area contributed by atoms with Gasteiger partial charge < -0.3 is 15.5 Å². The number of amides is 1. The summed E-state index contributed by atoms with van der Waals surface area (Å²) in [5, 5.41) is 13.1. The van der Waals surface area contributed by atoms with Crippen LogP contribution in [0.15, 0.2) is 22.5 Å². The topological polar surface area (TPSA) is 74.5 Å². The highest BCUT2D eigenvalue weighted by Gasteiger charge is 2.14. The normalized spacial score (nSPS) is 11.5. The number of aromatic nitrogens is 2. The van der Waals surface area contributed by atoms with Gasteiger partial charge >= 0.3 is 0 Å². The maximum Gasteiger partial charge on any atom is 0.241 e. The molecule has 2 aromatic rings. The van der Waals surface area contributed by atoms with Crippen molar-refractivity contribution in [1.82, 2.24) is 25.3 Å². The minimum atomic E-state index is 0.00509. The van der Waals surface area contributed by atoms with E-state index in [0.29, 0.717) is 19.0 Å². The molecule has 0 aromatic carbocycles. The second-order valence-electron chi connectivity index (χ2n) is 6.44. The Kier molecular flexibility index (Phi) is 7.84. The van der Waals surface area contributed by atoms with Crippen molar-refractivity contribution in [2.75, 3.05) is 20.6 Å². The maximum atomic E-state index is 11.9. The number of thiophene rings is 1. The average molecular weight is 391 g/mol. The molecule has 2 heterocycles. The van der Waals surface area contributed by atoms with Gasteiger partial charge in [0.15, 0.2) is 5.96 Å². The highest BCUT2D eigenvalue weighted by Crippen LogP contribution is 2.16. The molecule has 0 radical (unpaired) electrons. The summed E-state index contributed by atoms with van der Waals surface area (Å²) in [5.74, 6) is 0.636. The van der Waals surface area contributed by atoms with Gasteiger partial charge in [-0.1, -0.05) is 19.9 Å². The van der Waals surface area contributed by atoms with E-state index < -0.39 is 0 Å². The molecule has 27 heavy (non-hydrogen) atoms. The van der Waals surface area contributed by atoms with Crippen molar-refractivity contribution in [3.05, 3.63) is 39.3 Å². The maximum absolute atomic E-state index is 11.9. The number of carbonyl (C=O) groups is 1. The molecular formula is C19H30N6OS. The van der Waals surface area contributed by atoms with E-state index in [0.717, 1.165) is 18.5 Å². The Morgan fingerprint density at radius 2 is 2.07 bits per heavy atom. The number of rotatable bonds is 8. The molecule has 0 unspecified atom stereocenters. The smallest absolute Gasteiger partial charge is 0.241 e. The van der Waals surface area contributed by atoms with Crippen molar-refractivity contribution in [2.24, 2.45) is 12.0 Å². The minimum Gasteiger partial charge on any atom is -0.351 e. The molecule has 0 bridgehead atoms. The largest absolute Gasteiger partial charge is 0.351 e. The molecule has 0 atom stereocenters. The number of hydrogen-bond donors (Lipinski definition) is 2. The van der Waals surface area contributed by atoms with Crippen molar-refractivity contribution in [1.29, 1.82) is 0 Å². The van der Waals surface area contributed by atoms with Crippen molar-refractivity contribution in [3.8, 4) is 0 Å². The first-order chi connectivity index (χ1) is 13.0. The van der Waals surface area contributed by atoms with Crippen LogP contribution >= 0.6 is 11.3 Å². The summed E-state index contributed by atoms with van der Waals surface area (Å²) in [6, 6.07) is 4.10. The summed E-state index contributed by atoms with van der Waals surface area (Å²) < 4.78 is 1.95. The average Bonchev–Trinajstić information content (AvgIpc) is 3.27. The van der Waals surface area contributed by atoms with E-state index in [1.165, 1.54) is 16.1 Å². The standard InChI is InChI=1S/C19H30N6OS/c1-6-16-15(17(7-2)25(5)23-16)12-21-19(22-13-18(26)24(3)4)20-11-14-9-8-10-27-14/h8-10H,6-7,11-13H2,1-5H3,(H2,20,21,22). The molecule has 0 aliphatic rings. The molecule has 148 valence electrons. The summed E-state index contributed by atoms with van der Waals surface area (Å²) in [5.41, 5.74) is 3.47. The summed E-state index contributed by atoms with van der Waals surface area (Å²) in [7, 11) is 5.47. The lowest BCUT2D eigenvalue weighted by Crippen LogP contribution is -2.42. The fourth-order valence-corrected chi connectivity index (χ4v) is 3.45. The van der Waals surface area contributed by atoms with Gasteiger partial charge in [-0.05, 0) is 24.3 Å². The molecule has 8 heteroatoms. The Morgan fingerprint density at radius 1 is 1.30 bits per heavy atom. The second-order valence-corrected chi connectivity index (χ2v) is 7.47. The van der Waals surface area contributed by atoms with Crippen molar-refractivity contribution < 1.29 is 4.79 Å². The van der Waals surface area contributed by atoms with Gasteiger partial charge in [-0.3, -0.25) is 9.48 Å². The number of nitrogens with zero attached hydrogens (tertiary/aromatic N) is 4. The molecule has 0 spiro atoms. The zero-order valence-corrected chi connectivity index (χ0v) is 17.7. The zero-order valence-electron chi connectivity index (χ0n) is 16.9. The highest BCUT2D eigenvalue weighted by molar-refractivity contribution is 7.09. The SMILES string of the molecule is CCc1nn(C)c(CC)c1CN=C(NCC(=O)N(C)C)NCc1cccs1. The molecule has 0 aliphatic carbocycles. The quantitative estimate of drug-likeness (QED) is 0.534. The molecule has 7 nitrogen and oxygen atoms in total. The summed E-state index contributed by atoms with van der Waals surface area (Å²) >= 11 is 1.69. The van der Waals surface area contributed by atoms with Crippen LogP contribution in [0.5, 0.6) is 0 Å². The Morgan fingerprint density at radius 3 is 2.67 bits per heavy atom. The third-order valence-corrected chi connectivity index (χ3v) is 5.22. The first kappa shape index (κ1) is 21.0. The van der Waals surface area contributed by atoms with E-state index in [-0.39, 0.29) is 12.5 Å². The number of carbonyl (C=O) groups excluding carboxylic acids is 1. The van der Waals surface area contributed by atoms with E-state index in [1.807, 2.05) is 23.2 Å². The van der Waals surface area contributed by atoms with Gasteiger partial charge in [0.05, 0.1) is 25.3 Å². The lowest BCUT2D eigenvalue weighted by atomic mass is 10.1. The van der Waals surface area contributed by atoms with Crippen molar-refractivity contribution >= 4 is 23.2 Å². The number of aryl methyl sites for hydroxylation is 2. The molecule has 0 aliphatic heterocycles. The van der Waals surface area contributed by atoms with Gasteiger partial charge in [0.25, 0.3) is 0 Å². The van der Waals surface area contributed by atoms with E-state index in [9.17, 15) is 4.79 Å². The van der Waals surface area contributed by atoms with Gasteiger partial charge in [-0.2, -0.15) is 5.10 Å². The summed E-state index contributed by atoms with van der Waals surface area (Å²) in [6.45, 7) is 5.66. The van der Waals surface area contributed by atoms with Crippen LogP contribution in [0, 0.1) is 0 Å². The zero-order chi connectivity index (χ0) is 19.8. The highest BCUT2D eigenvalue weighted by atomic mass is 32.1. The van der Waals surface area contributed by atoms with Gasteiger partial charge in [0, 0.05) is 37.3 Å². The van der Waals surface area contributed by atoms with Crippen LogP contribution in [0.1, 0.15) is 35.7 Å². The Hall–Kier alpha value is -2.35. The number of hydrogen-bond acceptors (Lipinski definition) is 4. The van der Waals surface area contributed by atoms with E-state index in [1.54, 1.807) is 30.3 Å². The van der Waals surface area contributed by atoms with Crippen molar-refractivity contribution in [2.45, 2.75) is 39.8 Å². The van der Waals surface area contributed by atoms with Gasteiger partial charge in [-0.15, -0.1) is 11.3 Å². The molecule has 0 saturated carbocycles. The third kappa shape index (κ3) is 5.82. The second kappa shape index (κ2) is 10.1. The van der Waals surface area contributed by atoms with Gasteiger partial charge in [-0.25, -0.2) is 4.99 Å². The lowest BCUT2D eigenvalue weighted by Gasteiger charge is -2.15. The van der Waals surface area contributed by atoms with Crippen LogP contribution in [0.3, 0.4) is 0 Å². The predicted molar refractivity (Wildman–Crippen MR) is 111 cm³/mol. The number of likely N-dealkylation sites (N-methyl/N-ethyl adjacent to an activating group) is 1. The van der Waals surface area contributed by atoms with E-state index in [4.69, 9.17) is 4.99 Å². The van der Waals surface area contributed by atoms with Crippen LogP contribution in [-0.2, 0) is 37.8 Å². The molecule has 2 aromatic heterocycles. The molecule has 0 saturated heterocycles. The first-order valence-electron chi connectivity index (χ1n) is 9.24. The number of guanidine groups is 1. The Bertz CT molecular complexity index is 764. The van der Waals surface area contributed by atoms with Crippen molar-refractivity contribution in [3.63, 3.8) is 0 Å². The van der Waals surface area contributed by atoms with Crippen LogP contribution in [0.2, 0.25) is 0 Å².